The van der Waals surface area contributed by atoms with Gasteiger partial charge in [0, 0.05) is 6.42 Å². The molecular weight excluding hydrogens is 493 g/mol. The van der Waals surface area contributed by atoms with E-state index in [1.807, 2.05) is 27.2 Å². The van der Waals surface area contributed by atoms with Crippen molar-refractivity contribution in [3.05, 3.63) is 60.8 Å². The van der Waals surface area contributed by atoms with E-state index in [-0.39, 0.29) is 19.6 Å². The topological polar surface area (TPSA) is 105 Å². The number of carbonyl (C=O) groups excluding carboxylic acids is 1. The monoisotopic (exact) mass is 541 g/mol. The third kappa shape index (κ3) is 27.1. The largest absolute Gasteiger partial charge is 0.756 e. The Bertz CT molecular complexity index is 782. The van der Waals surface area contributed by atoms with E-state index in [1.165, 1.54) is 0 Å². The summed E-state index contributed by atoms with van der Waals surface area (Å²) in [6, 6.07) is 0. The van der Waals surface area contributed by atoms with Crippen molar-refractivity contribution in [2.75, 3.05) is 47.5 Å². The summed E-state index contributed by atoms with van der Waals surface area (Å²) in [5.74, 6) is -0.448. The first kappa shape index (κ1) is 35.2. The first-order valence-corrected chi connectivity index (χ1v) is 14.5. The van der Waals surface area contributed by atoms with Gasteiger partial charge in [-0.05, 0) is 44.9 Å². The SMILES string of the molecule is CC/C=C/C/C=C/C/C=C/C/C=C/C/C=C/CCCC(=O)OC[C@@H](O)COP(=O)([O-])OCC[N+](C)(C)C. The minimum absolute atomic E-state index is 0.0206. The molecule has 9 heteroatoms. The zero-order valence-electron chi connectivity index (χ0n) is 23.1. The van der Waals surface area contributed by atoms with Gasteiger partial charge < -0.3 is 28.3 Å². The van der Waals surface area contributed by atoms with Gasteiger partial charge in [0.2, 0.25) is 0 Å². The molecule has 0 radical (unpaired) electrons. The number of ether oxygens (including phenoxy) is 1. The van der Waals surface area contributed by atoms with Crippen LogP contribution in [0.4, 0.5) is 0 Å². The first-order valence-electron chi connectivity index (χ1n) is 13.0. The summed E-state index contributed by atoms with van der Waals surface area (Å²) in [6.07, 6.45) is 26.5. The van der Waals surface area contributed by atoms with Gasteiger partial charge in [0.15, 0.2) is 0 Å². The Kier molecular flexibility index (Phi) is 21.1. The van der Waals surface area contributed by atoms with E-state index >= 15 is 0 Å². The average Bonchev–Trinajstić information content (AvgIpc) is 2.82. The highest BCUT2D eigenvalue weighted by atomic mass is 31.2. The number of nitrogens with zero attached hydrogens (tertiary/aromatic N) is 1. The molecule has 0 heterocycles. The molecule has 0 spiro atoms. The molecule has 0 aromatic rings. The molecule has 0 saturated heterocycles. The Morgan fingerprint density at radius 2 is 1.38 bits per heavy atom. The van der Waals surface area contributed by atoms with Gasteiger partial charge in [0.25, 0.3) is 7.82 Å². The molecular formula is C28H48NO7P. The molecule has 1 unspecified atom stereocenters. The highest BCUT2D eigenvalue weighted by Gasteiger charge is 2.16. The quantitative estimate of drug-likeness (QED) is 0.0675. The molecule has 37 heavy (non-hydrogen) atoms. The Morgan fingerprint density at radius 3 is 1.89 bits per heavy atom. The number of esters is 1. The second kappa shape index (κ2) is 22.2. The van der Waals surface area contributed by atoms with Crippen molar-refractivity contribution in [3.8, 4) is 0 Å². The Morgan fingerprint density at radius 1 is 0.865 bits per heavy atom. The van der Waals surface area contributed by atoms with Gasteiger partial charge in [0.05, 0.1) is 27.7 Å². The average molecular weight is 542 g/mol. The van der Waals surface area contributed by atoms with E-state index in [9.17, 15) is 19.4 Å². The van der Waals surface area contributed by atoms with Gasteiger partial charge in [-0.3, -0.25) is 9.36 Å². The highest BCUT2D eigenvalue weighted by molar-refractivity contribution is 7.45. The van der Waals surface area contributed by atoms with Crippen LogP contribution in [0.15, 0.2) is 60.8 Å². The fourth-order valence-electron chi connectivity index (χ4n) is 2.68. The summed E-state index contributed by atoms with van der Waals surface area (Å²) in [4.78, 5) is 23.5. The van der Waals surface area contributed by atoms with E-state index in [4.69, 9.17) is 9.26 Å². The summed E-state index contributed by atoms with van der Waals surface area (Å²) in [7, 11) is 1.20. The number of aliphatic hydroxyl groups is 1. The lowest BCUT2D eigenvalue weighted by atomic mass is 10.2. The molecule has 0 fully saturated rings. The maximum atomic E-state index is 11.8. The second-order valence-corrected chi connectivity index (χ2v) is 10.9. The number of hydrogen-bond acceptors (Lipinski definition) is 7. The highest BCUT2D eigenvalue weighted by Crippen LogP contribution is 2.38. The van der Waals surface area contributed by atoms with Crippen molar-refractivity contribution in [3.63, 3.8) is 0 Å². The van der Waals surface area contributed by atoms with Gasteiger partial charge in [-0.15, -0.1) is 0 Å². The third-order valence-corrected chi connectivity index (χ3v) is 5.75. The molecule has 0 aliphatic rings. The van der Waals surface area contributed by atoms with Crippen molar-refractivity contribution >= 4 is 13.8 Å². The lowest BCUT2D eigenvalue weighted by Gasteiger charge is -2.27. The van der Waals surface area contributed by atoms with Crippen LogP contribution >= 0.6 is 7.82 Å². The van der Waals surface area contributed by atoms with Gasteiger partial charge in [-0.25, -0.2) is 0 Å². The van der Waals surface area contributed by atoms with Crippen LogP contribution in [0.25, 0.3) is 0 Å². The van der Waals surface area contributed by atoms with Crippen LogP contribution in [0.2, 0.25) is 0 Å². The van der Waals surface area contributed by atoms with Crippen LogP contribution in [0.3, 0.4) is 0 Å². The number of allylic oxidation sites excluding steroid dienone is 10. The molecule has 0 rings (SSSR count). The molecule has 0 aliphatic heterocycles. The Hall–Kier alpha value is -1.80. The number of rotatable bonds is 22. The van der Waals surface area contributed by atoms with E-state index in [1.54, 1.807) is 0 Å². The molecule has 1 N–H and O–H groups in total. The zero-order chi connectivity index (χ0) is 27.8. The van der Waals surface area contributed by atoms with Gasteiger partial charge in [-0.2, -0.15) is 0 Å². The van der Waals surface area contributed by atoms with Gasteiger partial charge in [0.1, 0.15) is 25.9 Å². The van der Waals surface area contributed by atoms with E-state index < -0.39 is 26.5 Å². The van der Waals surface area contributed by atoms with Crippen LogP contribution in [0, 0.1) is 0 Å². The Labute approximate surface area is 224 Å². The number of hydrogen-bond donors (Lipinski definition) is 1. The van der Waals surface area contributed by atoms with E-state index in [0.717, 1.165) is 38.5 Å². The number of aliphatic hydroxyl groups excluding tert-OH is 1. The fourth-order valence-corrected chi connectivity index (χ4v) is 3.42. The molecule has 0 aromatic carbocycles. The molecule has 0 aliphatic carbocycles. The first-order chi connectivity index (χ1) is 17.6. The van der Waals surface area contributed by atoms with E-state index in [0.29, 0.717) is 17.4 Å². The molecule has 8 nitrogen and oxygen atoms in total. The second-order valence-electron chi connectivity index (χ2n) is 9.53. The van der Waals surface area contributed by atoms with Crippen LogP contribution in [-0.2, 0) is 23.1 Å². The fraction of sp³-hybridized carbons (Fsp3) is 0.607. The van der Waals surface area contributed by atoms with Crippen molar-refractivity contribution in [1.82, 2.24) is 0 Å². The number of carbonyl (C=O) groups is 1. The molecule has 212 valence electrons. The Balaban J connectivity index is 3.78. The smallest absolute Gasteiger partial charge is 0.305 e. The molecule has 2 atom stereocenters. The van der Waals surface area contributed by atoms with Crippen LogP contribution in [0.5, 0.6) is 0 Å². The summed E-state index contributed by atoms with van der Waals surface area (Å²) in [5.41, 5.74) is 0. The normalized spacial score (nSPS) is 15.5. The van der Waals surface area contributed by atoms with Gasteiger partial charge >= 0.3 is 5.97 Å². The van der Waals surface area contributed by atoms with Crippen molar-refractivity contribution in [1.29, 1.82) is 0 Å². The minimum atomic E-state index is -4.51. The number of quaternary nitrogens is 1. The van der Waals surface area contributed by atoms with Crippen LogP contribution < -0.4 is 4.89 Å². The minimum Gasteiger partial charge on any atom is -0.756 e. The number of phosphoric acid groups is 1. The molecule has 0 aromatic heterocycles. The maximum absolute atomic E-state index is 11.8. The predicted molar refractivity (Wildman–Crippen MR) is 148 cm³/mol. The lowest BCUT2D eigenvalue weighted by Crippen LogP contribution is -2.37. The van der Waals surface area contributed by atoms with Crippen molar-refractivity contribution in [2.45, 2.75) is 64.4 Å². The zero-order valence-corrected chi connectivity index (χ0v) is 24.0. The predicted octanol–water partition coefficient (Wildman–Crippen LogP) is 5.02. The standard InChI is InChI=1S/C28H48NO7P/c1-5-6-7-8-9-10-11-12-13-14-15-16-17-18-19-20-21-22-28(31)34-25-27(30)26-36-37(32,33)35-24-23-29(2,3)4/h6-7,9-10,12-13,15-16,18-19,27,30H,5,8,11,14,17,20-26H2,1-4H3/b7-6+,10-9+,13-12+,16-15+,19-18+/t27-/m1/s1. The number of phosphoric ester groups is 1. The van der Waals surface area contributed by atoms with Crippen molar-refractivity contribution in [2.24, 2.45) is 0 Å². The van der Waals surface area contributed by atoms with Crippen molar-refractivity contribution < 1.29 is 37.6 Å². The summed E-state index contributed by atoms with van der Waals surface area (Å²) in [6.45, 7) is 1.73. The third-order valence-electron chi connectivity index (χ3n) is 4.78. The lowest BCUT2D eigenvalue weighted by molar-refractivity contribution is -0.870. The van der Waals surface area contributed by atoms with Crippen LogP contribution in [0.1, 0.15) is 58.3 Å². The van der Waals surface area contributed by atoms with Gasteiger partial charge in [-0.1, -0.05) is 67.7 Å². The summed E-state index contributed by atoms with van der Waals surface area (Å²) >= 11 is 0. The van der Waals surface area contributed by atoms with Crippen LogP contribution in [-0.4, -0.2) is 69.2 Å². The molecule has 0 amide bonds. The summed E-state index contributed by atoms with van der Waals surface area (Å²) in [5, 5.41) is 9.79. The number of likely N-dealkylation sites (N-methyl/N-ethyl adjacent to an activating group) is 1. The number of unbranched alkanes of at least 4 members (excludes halogenated alkanes) is 1. The molecule has 0 bridgehead atoms. The van der Waals surface area contributed by atoms with E-state index in [2.05, 4.69) is 66.1 Å². The summed E-state index contributed by atoms with van der Waals surface area (Å²) < 4.78 is 26.6. The molecule has 0 saturated carbocycles. The maximum Gasteiger partial charge on any atom is 0.305 e.